The van der Waals surface area contributed by atoms with E-state index in [1.165, 1.54) is 17.0 Å². The molecule has 0 spiro atoms. The summed E-state index contributed by atoms with van der Waals surface area (Å²) in [6, 6.07) is 13.4. The molecule has 2 aromatic rings. The number of hydrogen-bond acceptors (Lipinski definition) is 3. The lowest BCUT2D eigenvalue weighted by Gasteiger charge is -2.16. The van der Waals surface area contributed by atoms with Crippen molar-refractivity contribution in [3.8, 4) is 5.75 Å². The first kappa shape index (κ1) is 17.9. The van der Waals surface area contributed by atoms with Crippen molar-refractivity contribution in [3.63, 3.8) is 0 Å². The first-order chi connectivity index (χ1) is 12.6. The number of amides is 2. The molecule has 2 amide bonds. The summed E-state index contributed by atoms with van der Waals surface area (Å²) in [5.41, 5.74) is 1.71. The van der Waals surface area contributed by atoms with Crippen molar-refractivity contribution < 1.29 is 18.7 Å². The number of methoxy groups -OCH3 is 1. The Hall–Kier alpha value is -2.89. The molecule has 1 aliphatic rings. The minimum absolute atomic E-state index is 0.119. The van der Waals surface area contributed by atoms with Gasteiger partial charge in [0.1, 0.15) is 11.6 Å². The van der Waals surface area contributed by atoms with Gasteiger partial charge in [0.15, 0.2) is 0 Å². The molecule has 0 aromatic heterocycles. The van der Waals surface area contributed by atoms with Crippen LogP contribution in [0.1, 0.15) is 12.0 Å². The zero-order valence-corrected chi connectivity index (χ0v) is 14.6. The molecule has 0 unspecified atom stereocenters. The molecule has 2 aromatic carbocycles. The van der Waals surface area contributed by atoms with E-state index < -0.39 is 0 Å². The van der Waals surface area contributed by atoms with Crippen LogP contribution in [0.2, 0.25) is 0 Å². The largest absolute Gasteiger partial charge is 0.497 e. The molecule has 1 heterocycles. The Morgan fingerprint density at radius 2 is 1.88 bits per heavy atom. The molecule has 5 nitrogen and oxygen atoms in total. The summed E-state index contributed by atoms with van der Waals surface area (Å²) >= 11 is 0. The second-order valence-corrected chi connectivity index (χ2v) is 6.27. The summed E-state index contributed by atoms with van der Waals surface area (Å²) in [6.07, 6.45) is 0.879. The number of nitrogens with one attached hydrogen (secondary N) is 1. The Morgan fingerprint density at radius 3 is 2.54 bits per heavy atom. The molecule has 1 N–H and O–H groups in total. The lowest BCUT2D eigenvalue weighted by molar-refractivity contribution is -0.126. The van der Waals surface area contributed by atoms with Crippen LogP contribution in [0.4, 0.5) is 10.1 Å². The monoisotopic (exact) mass is 356 g/mol. The maximum atomic E-state index is 13.0. The minimum Gasteiger partial charge on any atom is -0.497 e. The van der Waals surface area contributed by atoms with Crippen LogP contribution in [0.15, 0.2) is 48.5 Å². The first-order valence-corrected chi connectivity index (χ1v) is 8.53. The quantitative estimate of drug-likeness (QED) is 0.865. The minimum atomic E-state index is -0.386. The van der Waals surface area contributed by atoms with Gasteiger partial charge in [0.2, 0.25) is 11.8 Å². The average Bonchev–Trinajstić information content (AvgIpc) is 3.05. The molecule has 136 valence electrons. The van der Waals surface area contributed by atoms with Crippen molar-refractivity contribution in [3.05, 3.63) is 59.9 Å². The fourth-order valence-electron chi connectivity index (χ4n) is 3.02. The van der Waals surface area contributed by atoms with Crippen LogP contribution in [0.3, 0.4) is 0 Å². The molecule has 0 bridgehead atoms. The SMILES string of the molecule is COc1ccc(CCNC(=O)[C@@H]2CC(=O)N(c3ccc(F)cc3)C2)cc1. The molecule has 1 atom stereocenters. The average molecular weight is 356 g/mol. The highest BCUT2D eigenvalue weighted by Gasteiger charge is 2.34. The van der Waals surface area contributed by atoms with Crippen LogP contribution in [-0.4, -0.2) is 32.0 Å². The molecule has 0 saturated carbocycles. The lowest BCUT2D eigenvalue weighted by atomic mass is 10.1. The highest BCUT2D eigenvalue weighted by atomic mass is 19.1. The van der Waals surface area contributed by atoms with Gasteiger partial charge in [-0.2, -0.15) is 0 Å². The zero-order chi connectivity index (χ0) is 18.5. The lowest BCUT2D eigenvalue weighted by Crippen LogP contribution is -2.34. The van der Waals surface area contributed by atoms with Gasteiger partial charge in [-0.25, -0.2) is 4.39 Å². The second kappa shape index (κ2) is 7.99. The Labute approximate surface area is 151 Å². The van der Waals surface area contributed by atoms with Crippen LogP contribution in [0.5, 0.6) is 5.75 Å². The van der Waals surface area contributed by atoms with Gasteiger partial charge >= 0.3 is 0 Å². The molecule has 26 heavy (non-hydrogen) atoms. The van der Waals surface area contributed by atoms with Crippen molar-refractivity contribution >= 4 is 17.5 Å². The van der Waals surface area contributed by atoms with E-state index in [1.54, 1.807) is 19.2 Å². The number of rotatable bonds is 6. The van der Waals surface area contributed by atoms with Crippen molar-refractivity contribution in [1.82, 2.24) is 5.32 Å². The summed E-state index contributed by atoms with van der Waals surface area (Å²) in [7, 11) is 1.62. The van der Waals surface area contributed by atoms with Gasteiger partial charge in [-0.3, -0.25) is 9.59 Å². The van der Waals surface area contributed by atoms with Crippen molar-refractivity contribution in [2.75, 3.05) is 25.1 Å². The molecule has 0 aliphatic carbocycles. The molecular weight excluding hydrogens is 335 g/mol. The van der Waals surface area contributed by atoms with E-state index in [4.69, 9.17) is 4.74 Å². The van der Waals surface area contributed by atoms with E-state index in [9.17, 15) is 14.0 Å². The third-order valence-electron chi connectivity index (χ3n) is 4.51. The number of ether oxygens (including phenoxy) is 1. The van der Waals surface area contributed by atoms with Crippen LogP contribution < -0.4 is 15.0 Å². The number of nitrogens with zero attached hydrogens (tertiary/aromatic N) is 1. The highest BCUT2D eigenvalue weighted by Crippen LogP contribution is 2.25. The summed E-state index contributed by atoms with van der Waals surface area (Å²) in [6.45, 7) is 0.825. The van der Waals surface area contributed by atoms with E-state index in [-0.39, 0.29) is 30.0 Å². The van der Waals surface area contributed by atoms with Crippen LogP contribution >= 0.6 is 0 Å². The summed E-state index contributed by atoms with van der Waals surface area (Å²) in [5, 5.41) is 2.89. The third kappa shape index (κ3) is 4.20. The Kier molecular flexibility index (Phi) is 5.51. The number of anilines is 1. The zero-order valence-electron chi connectivity index (χ0n) is 14.6. The van der Waals surface area contributed by atoms with E-state index >= 15 is 0 Å². The Morgan fingerprint density at radius 1 is 1.19 bits per heavy atom. The van der Waals surface area contributed by atoms with E-state index in [1.807, 2.05) is 24.3 Å². The predicted molar refractivity (Wildman–Crippen MR) is 96.6 cm³/mol. The topological polar surface area (TPSA) is 58.6 Å². The summed E-state index contributed by atoms with van der Waals surface area (Å²) in [5.74, 6) is -0.192. The van der Waals surface area contributed by atoms with Gasteiger partial charge < -0.3 is 15.0 Å². The van der Waals surface area contributed by atoms with E-state index in [0.29, 0.717) is 25.2 Å². The van der Waals surface area contributed by atoms with Crippen LogP contribution in [0, 0.1) is 11.7 Å². The van der Waals surface area contributed by atoms with Crippen molar-refractivity contribution in [2.24, 2.45) is 5.92 Å². The normalized spacial score (nSPS) is 16.6. The van der Waals surface area contributed by atoms with Crippen LogP contribution in [-0.2, 0) is 16.0 Å². The van der Waals surface area contributed by atoms with Gasteiger partial charge in [0, 0.05) is 25.2 Å². The number of halogens is 1. The maximum absolute atomic E-state index is 13.0. The highest BCUT2D eigenvalue weighted by molar-refractivity contribution is 6.00. The smallest absolute Gasteiger partial charge is 0.227 e. The van der Waals surface area contributed by atoms with Crippen LogP contribution in [0.25, 0.3) is 0 Å². The van der Waals surface area contributed by atoms with E-state index in [0.717, 1.165) is 11.3 Å². The van der Waals surface area contributed by atoms with E-state index in [2.05, 4.69) is 5.32 Å². The standard InChI is InChI=1S/C20H21FN2O3/c1-26-18-8-2-14(3-9-18)10-11-22-20(25)15-12-19(24)23(13-15)17-6-4-16(21)5-7-17/h2-9,15H,10-13H2,1H3,(H,22,25)/t15-/m1/s1. The fourth-order valence-corrected chi connectivity index (χ4v) is 3.02. The van der Waals surface area contributed by atoms with Gasteiger partial charge in [-0.1, -0.05) is 12.1 Å². The molecule has 1 fully saturated rings. The van der Waals surface area contributed by atoms with Gasteiger partial charge in [-0.15, -0.1) is 0 Å². The third-order valence-corrected chi connectivity index (χ3v) is 4.51. The second-order valence-electron chi connectivity index (χ2n) is 6.27. The molecule has 1 aliphatic heterocycles. The summed E-state index contributed by atoms with van der Waals surface area (Å²) < 4.78 is 18.1. The first-order valence-electron chi connectivity index (χ1n) is 8.53. The number of carbonyl (C=O) groups excluding carboxylic acids is 2. The Bertz CT molecular complexity index is 775. The Balaban J connectivity index is 1.50. The maximum Gasteiger partial charge on any atom is 0.227 e. The van der Waals surface area contributed by atoms with Crippen molar-refractivity contribution in [1.29, 1.82) is 0 Å². The number of benzene rings is 2. The summed E-state index contributed by atoms with van der Waals surface area (Å²) in [4.78, 5) is 26.0. The predicted octanol–water partition coefficient (Wildman–Crippen LogP) is 2.55. The van der Waals surface area contributed by atoms with Gasteiger partial charge in [0.25, 0.3) is 0 Å². The van der Waals surface area contributed by atoms with Crippen molar-refractivity contribution in [2.45, 2.75) is 12.8 Å². The van der Waals surface area contributed by atoms with Gasteiger partial charge in [-0.05, 0) is 48.4 Å². The number of hydrogen-bond donors (Lipinski definition) is 1. The number of carbonyl (C=O) groups is 2. The van der Waals surface area contributed by atoms with Gasteiger partial charge in [0.05, 0.1) is 13.0 Å². The molecule has 3 rings (SSSR count). The fraction of sp³-hybridized carbons (Fsp3) is 0.300. The molecule has 1 saturated heterocycles. The molecule has 0 radical (unpaired) electrons. The molecule has 6 heteroatoms. The molecular formula is C20H21FN2O3.